The molecule has 1 amide bonds. The number of carbonyl (C=O) groups is 1. The molecule has 184 valence electrons. The van der Waals surface area contributed by atoms with Crippen LogP contribution in [0.3, 0.4) is 0 Å². The fourth-order valence-electron chi connectivity index (χ4n) is 4.93. The number of halogens is 4. The normalized spacial score (nSPS) is 23.4. The van der Waals surface area contributed by atoms with Crippen LogP contribution in [0.15, 0.2) is 24.3 Å². The van der Waals surface area contributed by atoms with E-state index in [1.165, 1.54) is 18.9 Å². The molecule has 2 atom stereocenters. The van der Waals surface area contributed by atoms with Gasteiger partial charge in [-0.3, -0.25) is 9.58 Å². The Morgan fingerprint density at radius 3 is 2.85 bits per heavy atom. The Hall–Kier alpha value is -2.30. The topological polar surface area (TPSA) is 59.8 Å². The molecule has 4 heterocycles. The number of carbonyl (C=O) groups excluding carboxylic acids is 1. The van der Waals surface area contributed by atoms with Crippen molar-refractivity contribution in [2.75, 3.05) is 26.2 Å². The molecule has 3 aliphatic heterocycles. The lowest BCUT2D eigenvalue weighted by Crippen LogP contribution is -2.42. The predicted molar refractivity (Wildman–Crippen MR) is 117 cm³/mol. The number of hydrogen-bond acceptors (Lipinski definition) is 5. The van der Waals surface area contributed by atoms with Gasteiger partial charge in [0.2, 0.25) is 0 Å². The van der Waals surface area contributed by atoms with Crippen molar-refractivity contribution in [1.82, 2.24) is 19.6 Å². The Bertz CT molecular complexity index is 1060. The molecule has 0 saturated carbocycles. The zero-order valence-electron chi connectivity index (χ0n) is 18.6. The summed E-state index contributed by atoms with van der Waals surface area (Å²) in [6.07, 6.45) is -2.13. The number of aromatic nitrogens is 2. The van der Waals surface area contributed by atoms with Crippen molar-refractivity contribution in [3.63, 3.8) is 0 Å². The summed E-state index contributed by atoms with van der Waals surface area (Å²) in [4.78, 5) is 16.7. The summed E-state index contributed by atoms with van der Waals surface area (Å²) < 4.78 is 52.4. The number of rotatable bonds is 3. The fraction of sp³-hybridized carbons (Fsp3) is 0.565. The SMILES string of the molecule is O=C(OCc1cc(Cl)cc(C(F)(F)F)c1)N1CCCn2nc(C3CN4CCC[C@H]4CO3)cc2C1. The van der Waals surface area contributed by atoms with Gasteiger partial charge in [-0.05, 0) is 55.6 Å². The van der Waals surface area contributed by atoms with E-state index in [0.717, 1.165) is 36.6 Å². The minimum atomic E-state index is -4.53. The fourth-order valence-corrected chi connectivity index (χ4v) is 5.19. The first-order chi connectivity index (χ1) is 16.3. The number of ether oxygens (including phenoxy) is 2. The Morgan fingerprint density at radius 1 is 1.18 bits per heavy atom. The predicted octanol–water partition coefficient (Wildman–Crippen LogP) is 4.63. The zero-order chi connectivity index (χ0) is 23.9. The van der Waals surface area contributed by atoms with E-state index in [1.807, 2.05) is 10.7 Å². The Kier molecular flexibility index (Phi) is 6.47. The van der Waals surface area contributed by atoms with Gasteiger partial charge < -0.3 is 14.4 Å². The van der Waals surface area contributed by atoms with Crippen LogP contribution in [0.4, 0.5) is 18.0 Å². The highest BCUT2D eigenvalue weighted by atomic mass is 35.5. The number of alkyl halides is 3. The summed E-state index contributed by atoms with van der Waals surface area (Å²) in [5, 5.41) is 4.69. The van der Waals surface area contributed by atoms with E-state index in [9.17, 15) is 18.0 Å². The van der Waals surface area contributed by atoms with Crippen LogP contribution in [0.5, 0.6) is 0 Å². The second-order valence-electron chi connectivity index (χ2n) is 9.07. The monoisotopic (exact) mass is 498 g/mol. The molecular weight excluding hydrogens is 473 g/mol. The van der Waals surface area contributed by atoms with Crippen LogP contribution < -0.4 is 0 Å². The smallest absolute Gasteiger partial charge is 0.416 e. The minimum absolute atomic E-state index is 0.0581. The van der Waals surface area contributed by atoms with Gasteiger partial charge in [0.25, 0.3) is 0 Å². The number of benzene rings is 1. The number of fused-ring (bicyclic) bond motifs is 2. The maximum atomic E-state index is 13.0. The van der Waals surface area contributed by atoms with Crippen LogP contribution in [0.2, 0.25) is 5.02 Å². The molecule has 1 aromatic carbocycles. The third kappa shape index (κ3) is 5.04. The lowest BCUT2D eigenvalue weighted by Gasteiger charge is -2.34. The van der Waals surface area contributed by atoms with Gasteiger partial charge in [0.05, 0.1) is 30.1 Å². The molecule has 0 bridgehead atoms. The maximum Gasteiger partial charge on any atom is 0.416 e. The van der Waals surface area contributed by atoms with Gasteiger partial charge in [-0.2, -0.15) is 18.3 Å². The van der Waals surface area contributed by atoms with Crippen molar-refractivity contribution in [2.24, 2.45) is 0 Å². The standard InChI is InChI=1S/C23H26ClF3N4O3/c24-17-8-15(7-16(9-17)23(25,26)27)13-34-22(32)30-5-2-6-31-19(11-30)10-20(28-31)21-12-29-4-1-3-18(29)14-33-21/h7-10,18,21H,1-6,11-14H2/t18-,21?/m0/s1. The van der Waals surface area contributed by atoms with Crippen LogP contribution >= 0.6 is 11.6 Å². The molecule has 3 aliphatic rings. The van der Waals surface area contributed by atoms with Crippen molar-refractivity contribution < 1.29 is 27.4 Å². The van der Waals surface area contributed by atoms with Gasteiger partial charge in [0, 0.05) is 30.7 Å². The van der Waals surface area contributed by atoms with Gasteiger partial charge in [0.15, 0.2) is 0 Å². The van der Waals surface area contributed by atoms with Crippen molar-refractivity contribution in [3.8, 4) is 0 Å². The van der Waals surface area contributed by atoms with Crippen molar-refractivity contribution in [1.29, 1.82) is 0 Å². The Morgan fingerprint density at radius 2 is 2.03 bits per heavy atom. The van der Waals surface area contributed by atoms with E-state index in [0.29, 0.717) is 38.7 Å². The number of aryl methyl sites for hydroxylation is 1. The van der Waals surface area contributed by atoms with E-state index in [2.05, 4.69) is 4.90 Å². The van der Waals surface area contributed by atoms with Crippen molar-refractivity contribution in [3.05, 3.63) is 51.8 Å². The molecule has 1 aromatic heterocycles. The van der Waals surface area contributed by atoms with E-state index < -0.39 is 17.8 Å². The van der Waals surface area contributed by atoms with E-state index in [4.69, 9.17) is 26.2 Å². The number of amides is 1. The summed E-state index contributed by atoms with van der Waals surface area (Å²) in [7, 11) is 0. The first-order valence-corrected chi connectivity index (χ1v) is 11.8. The van der Waals surface area contributed by atoms with Gasteiger partial charge in [0.1, 0.15) is 12.7 Å². The largest absolute Gasteiger partial charge is 0.445 e. The molecule has 5 rings (SSSR count). The Labute approximate surface area is 200 Å². The average Bonchev–Trinajstić information content (AvgIpc) is 3.37. The van der Waals surface area contributed by atoms with E-state index >= 15 is 0 Å². The molecule has 34 heavy (non-hydrogen) atoms. The summed E-state index contributed by atoms with van der Waals surface area (Å²) in [5.41, 5.74) is 1.07. The zero-order valence-corrected chi connectivity index (χ0v) is 19.3. The number of nitrogens with zero attached hydrogens (tertiary/aromatic N) is 4. The highest BCUT2D eigenvalue weighted by molar-refractivity contribution is 6.30. The molecule has 2 aromatic rings. The third-order valence-electron chi connectivity index (χ3n) is 6.66. The summed E-state index contributed by atoms with van der Waals surface area (Å²) in [5.74, 6) is 0. The molecule has 7 nitrogen and oxygen atoms in total. The molecule has 0 N–H and O–H groups in total. The van der Waals surface area contributed by atoms with Gasteiger partial charge in [-0.15, -0.1) is 0 Å². The van der Waals surface area contributed by atoms with Gasteiger partial charge in [-0.25, -0.2) is 4.79 Å². The molecule has 1 unspecified atom stereocenters. The third-order valence-corrected chi connectivity index (χ3v) is 6.88. The molecule has 0 radical (unpaired) electrons. The van der Waals surface area contributed by atoms with Crippen molar-refractivity contribution >= 4 is 17.7 Å². The highest BCUT2D eigenvalue weighted by Crippen LogP contribution is 2.33. The number of hydrogen-bond donors (Lipinski definition) is 0. The molecule has 0 aliphatic carbocycles. The van der Waals surface area contributed by atoms with Crippen LogP contribution in [-0.2, 0) is 35.3 Å². The van der Waals surface area contributed by atoms with E-state index in [-0.39, 0.29) is 23.3 Å². The summed E-state index contributed by atoms with van der Waals surface area (Å²) >= 11 is 5.82. The van der Waals surface area contributed by atoms with Crippen LogP contribution in [0.1, 0.15) is 47.9 Å². The number of morpholine rings is 1. The quantitative estimate of drug-likeness (QED) is 0.617. The minimum Gasteiger partial charge on any atom is -0.445 e. The Balaban J connectivity index is 1.23. The van der Waals surface area contributed by atoms with Gasteiger partial charge >= 0.3 is 12.3 Å². The lowest BCUT2D eigenvalue weighted by atomic mass is 10.1. The van der Waals surface area contributed by atoms with Crippen molar-refractivity contribution in [2.45, 2.75) is 57.3 Å². The van der Waals surface area contributed by atoms with Crippen LogP contribution in [0, 0.1) is 0 Å². The van der Waals surface area contributed by atoms with E-state index in [1.54, 1.807) is 4.90 Å². The van der Waals surface area contributed by atoms with Gasteiger partial charge in [-0.1, -0.05) is 11.6 Å². The summed E-state index contributed by atoms with van der Waals surface area (Å²) in [6, 6.07) is 5.65. The first-order valence-electron chi connectivity index (χ1n) is 11.5. The average molecular weight is 499 g/mol. The second-order valence-corrected chi connectivity index (χ2v) is 9.51. The second kappa shape index (κ2) is 9.39. The molecule has 2 saturated heterocycles. The summed E-state index contributed by atoms with van der Waals surface area (Å²) in [6.45, 7) is 3.79. The molecule has 2 fully saturated rings. The van der Waals surface area contributed by atoms with Crippen LogP contribution in [-0.4, -0.2) is 58.0 Å². The molecule has 0 spiro atoms. The first kappa shape index (κ1) is 23.4. The highest BCUT2D eigenvalue weighted by Gasteiger charge is 2.35. The van der Waals surface area contributed by atoms with Crippen LogP contribution in [0.25, 0.3) is 0 Å². The maximum absolute atomic E-state index is 13.0. The molecule has 11 heteroatoms. The molecular formula is C23H26ClF3N4O3. The lowest BCUT2D eigenvalue weighted by molar-refractivity contribution is -0.137.